The molecule has 0 saturated heterocycles. The fraction of sp³-hybridized carbons (Fsp3) is 0.111. The van der Waals surface area contributed by atoms with Crippen LogP contribution in [-0.2, 0) is 11.3 Å². The van der Waals surface area contributed by atoms with Crippen molar-refractivity contribution < 1.29 is 9.59 Å². The molecule has 0 spiro atoms. The summed E-state index contributed by atoms with van der Waals surface area (Å²) in [6.45, 7) is 1.76. The lowest BCUT2D eigenvalue weighted by Gasteiger charge is -2.06. The van der Waals surface area contributed by atoms with Crippen molar-refractivity contribution in [2.45, 2.75) is 13.5 Å². The van der Waals surface area contributed by atoms with Crippen molar-refractivity contribution >= 4 is 28.8 Å². The Balaban J connectivity index is 1.63. The molecule has 0 unspecified atom stereocenters. The zero-order valence-electron chi connectivity index (χ0n) is 13.5. The van der Waals surface area contributed by atoms with E-state index in [0.717, 1.165) is 16.3 Å². The minimum Gasteiger partial charge on any atom is -0.346 e. The fourth-order valence-electron chi connectivity index (χ4n) is 2.22. The molecule has 1 aromatic carbocycles. The monoisotopic (exact) mass is 352 g/mol. The number of hydrogen-bond donors (Lipinski definition) is 2. The summed E-state index contributed by atoms with van der Waals surface area (Å²) in [6.07, 6.45) is 3.47. The molecule has 0 radical (unpaired) electrons. The Morgan fingerprint density at radius 2 is 2.08 bits per heavy atom. The van der Waals surface area contributed by atoms with Gasteiger partial charge in [0.1, 0.15) is 5.01 Å². The molecule has 0 bridgehead atoms. The fourth-order valence-corrected chi connectivity index (χ4v) is 3.03. The van der Waals surface area contributed by atoms with Gasteiger partial charge in [-0.3, -0.25) is 14.6 Å². The molecule has 2 heterocycles. The molecule has 0 saturated carbocycles. The van der Waals surface area contributed by atoms with Gasteiger partial charge >= 0.3 is 0 Å². The van der Waals surface area contributed by atoms with Gasteiger partial charge in [0.2, 0.25) is 5.91 Å². The summed E-state index contributed by atoms with van der Waals surface area (Å²) in [6, 6.07) is 10.6. The van der Waals surface area contributed by atoms with Crippen LogP contribution in [0.2, 0.25) is 0 Å². The van der Waals surface area contributed by atoms with Crippen LogP contribution in [0.4, 0.5) is 5.69 Å². The van der Waals surface area contributed by atoms with Crippen molar-refractivity contribution in [1.29, 1.82) is 0 Å². The Hall–Kier alpha value is -3.06. The quantitative estimate of drug-likeness (QED) is 0.739. The lowest BCUT2D eigenvalue weighted by Crippen LogP contribution is -2.23. The number of thiazole rings is 1. The van der Waals surface area contributed by atoms with Crippen molar-refractivity contribution in [3.05, 3.63) is 65.4 Å². The zero-order valence-corrected chi connectivity index (χ0v) is 14.3. The van der Waals surface area contributed by atoms with Gasteiger partial charge in [-0.15, -0.1) is 11.3 Å². The lowest BCUT2D eigenvalue weighted by molar-refractivity contribution is -0.114. The van der Waals surface area contributed by atoms with Crippen LogP contribution in [-0.4, -0.2) is 21.8 Å². The number of anilines is 1. The first-order valence-electron chi connectivity index (χ1n) is 7.62. The predicted molar refractivity (Wildman–Crippen MR) is 97.3 cm³/mol. The summed E-state index contributed by atoms with van der Waals surface area (Å²) in [5, 5.41) is 8.28. The van der Waals surface area contributed by atoms with Crippen LogP contribution in [0.15, 0.2) is 54.2 Å². The molecular formula is C18H16N4O2S. The maximum absolute atomic E-state index is 12.3. The third kappa shape index (κ3) is 4.48. The first kappa shape index (κ1) is 16.8. The van der Waals surface area contributed by atoms with Crippen molar-refractivity contribution in [3.63, 3.8) is 0 Å². The van der Waals surface area contributed by atoms with E-state index in [4.69, 9.17) is 0 Å². The van der Waals surface area contributed by atoms with E-state index < -0.39 is 0 Å². The average molecular weight is 352 g/mol. The summed E-state index contributed by atoms with van der Waals surface area (Å²) in [5.41, 5.74) is 2.81. The molecule has 126 valence electrons. The second kappa shape index (κ2) is 7.67. The number of nitrogens with one attached hydrogen (secondary N) is 2. The Morgan fingerprint density at radius 1 is 1.20 bits per heavy atom. The lowest BCUT2D eigenvalue weighted by atomic mass is 10.2. The van der Waals surface area contributed by atoms with Crippen LogP contribution in [0.1, 0.15) is 23.0 Å². The number of pyridine rings is 1. The molecule has 0 aliphatic rings. The number of amides is 2. The van der Waals surface area contributed by atoms with Crippen molar-refractivity contribution in [2.24, 2.45) is 0 Å². The topological polar surface area (TPSA) is 84.0 Å². The molecule has 0 aliphatic heterocycles. The smallest absolute Gasteiger partial charge is 0.251 e. The molecule has 0 fully saturated rings. The zero-order chi connectivity index (χ0) is 17.6. The van der Waals surface area contributed by atoms with Crippen LogP contribution in [0.25, 0.3) is 10.6 Å². The van der Waals surface area contributed by atoms with Crippen LogP contribution >= 0.6 is 11.3 Å². The number of carbonyl (C=O) groups is 2. The number of carbonyl (C=O) groups excluding carboxylic acids is 2. The summed E-state index contributed by atoms with van der Waals surface area (Å²) >= 11 is 1.51. The van der Waals surface area contributed by atoms with Gasteiger partial charge in [-0.2, -0.15) is 0 Å². The highest BCUT2D eigenvalue weighted by Gasteiger charge is 2.09. The van der Waals surface area contributed by atoms with Gasteiger partial charge in [0.25, 0.3) is 5.91 Å². The van der Waals surface area contributed by atoms with Gasteiger partial charge in [-0.1, -0.05) is 6.07 Å². The standard InChI is InChI=1S/C18H16N4O2S/c1-12(23)21-15-6-2-4-13(8-15)17(24)20-10-16-11-25-18(22-16)14-5-3-7-19-9-14/h2-9,11H,10H2,1H3,(H,20,24)(H,21,23). The molecule has 2 amide bonds. The van der Waals surface area contributed by atoms with Gasteiger partial charge < -0.3 is 10.6 Å². The molecule has 3 rings (SSSR count). The Labute approximate surface area is 149 Å². The van der Waals surface area contributed by atoms with E-state index in [1.54, 1.807) is 36.7 Å². The van der Waals surface area contributed by atoms with E-state index in [1.807, 2.05) is 17.5 Å². The van der Waals surface area contributed by atoms with Crippen molar-refractivity contribution in [2.75, 3.05) is 5.32 Å². The van der Waals surface area contributed by atoms with Crippen LogP contribution in [0.3, 0.4) is 0 Å². The largest absolute Gasteiger partial charge is 0.346 e. The van der Waals surface area contributed by atoms with E-state index in [1.165, 1.54) is 18.3 Å². The minimum atomic E-state index is -0.219. The molecule has 2 aromatic heterocycles. The summed E-state index contributed by atoms with van der Waals surface area (Å²) < 4.78 is 0. The second-order valence-electron chi connectivity index (χ2n) is 5.33. The summed E-state index contributed by atoms with van der Waals surface area (Å²) in [5.74, 6) is -0.397. The molecule has 2 N–H and O–H groups in total. The van der Waals surface area contributed by atoms with E-state index in [9.17, 15) is 9.59 Å². The molecule has 3 aromatic rings. The Morgan fingerprint density at radius 3 is 2.84 bits per heavy atom. The number of benzene rings is 1. The average Bonchev–Trinajstić information content (AvgIpc) is 3.09. The van der Waals surface area contributed by atoms with Gasteiger partial charge in [0, 0.05) is 41.5 Å². The molecular weight excluding hydrogens is 336 g/mol. The van der Waals surface area contributed by atoms with Gasteiger partial charge in [-0.25, -0.2) is 4.98 Å². The van der Waals surface area contributed by atoms with Crippen LogP contribution < -0.4 is 10.6 Å². The summed E-state index contributed by atoms with van der Waals surface area (Å²) in [7, 11) is 0. The molecule has 25 heavy (non-hydrogen) atoms. The van der Waals surface area contributed by atoms with Crippen molar-refractivity contribution in [1.82, 2.24) is 15.3 Å². The molecule has 7 heteroatoms. The molecule has 6 nitrogen and oxygen atoms in total. The maximum Gasteiger partial charge on any atom is 0.251 e. The number of nitrogens with zero attached hydrogens (tertiary/aromatic N) is 2. The van der Waals surface area contributed by atoms with E-state index in [0.29, 0.717) is 17.8 Å². The van der Waals surface area contributed by atoms with Gasteiger partial charge in [0.05, 0.1) is 12.2 Å². The SMILES string of the molecule is CC(=O)Nc1cccc(C(=O)NCc2csc(-c3cccnc3)n2)c1. The third-order valence-corrected chi connectivity index (χ3v) is 4.28. The highest BCUT2D eigenvalue weighted by Crippen LogP contribution is 2.22. The second-order valence-corrected chi connectivity index (χ2v) is 6.19. The third-order valence-electron chi connectivity index (χ3n) is 3.34. The minimum absolute atomic E-state index is 0.178. The van der Waals surface area contributed by atoms with Crippen LogP contribution in [0.5, 0.6) is 0 Å². The van der Waals surface area contributed by atoms with E-state index >= 15 is 0 Å². The first-order chi connectivity index (χ1) is 12.1. The summed E-state index contributed by atoms with van der Waals surface area (Å²) in [4.78, 5) is 32.0. The highest BCUT2D eigenvalue weighted by molar-refractivity contribution is 7.13. The number of rotatable bonds is 5. The molecule has 0 aliphatic carbocycles. The molecule has 0 atom stereocenters. The van der Waals surface area contributed by atoms with Crippen molar-refractivity contribution in [3.8, 4) is 10.6 Å². The van der Waals surface area contributed by atoms with E-state index in [-0.39, 0.29) is 11.8 Å². The normalized spacial score (nSPS) is 10.3. The predicted octanol–water partition coefficient (Wildman–Crippen LogP) is 3.09. The first-order valence-corrected chi connectivity index (χ1v) is 8.50. The van der Waals surface area contributed by atoms with Gasteiger partial charge in [0.15, 0.2) is 0 Å². The number of aromatic nitrogens is 2. The maximum atomic E-state index is 12.3. The highest BCUT2D eigenvalue weighted by atomic mass is 32.1. The Kier molecular flexibility index (Phi) is 5.15. The van der Waals surface area contributed by atoms with Crippen LogP contribution in [0, 0.1) is 0 Å². The van der Waals surface area contributed by atoms with Gasteiger partial charge in [-0.05, 0) is 30.3 Å². The van der Waals surface area contributed by atoms with E-state index in [2.05, 4.69) is 20.6 Å². The number of hydrogen-bond acceptors (Lipinski definition) is 5. The Bertz CT molecular complexity index is 893.